The van der Waals surface area contributed by atoms with Gasteiger partial charge >= 0.3 is 0 Å². The molecule has 140 valence electrons. The normalized spacial score (nSPS) is 18.4. The molecule has 1 heterocycles. The van der Waals surface area contributed by atoms with E-state index >= 15 is 0 Å². The zero-order valence-corrected chi connectivity index (χ0v) is 15.7. The van der Waals surface area contributed by atoms with Crippen LogP contribution in [0.25, 0.3) is 0 Å². The van der Waals surface area contributed by atoms with E-state index in [2.05, 4.69) is 10.6 Å². The van der Waals surface area contributed by atoms with E-state index in [1.54, 1.807) is 7.11 Å². The Kier molecular flexibility index (Phi) is 7.85. The third-order valence-electron chi connectivity index (χ3n) is 5.03. The van der Waals surface area contributed by atoms with Crippen molar-refractivity contribution in [3.05, 3.63) is 23.8 Å². The van der Waals surface area contributed by atoms with Crippen molar-refractivity contribution in [3.8, 4) is 11.5 Å². The molecule has 5 nitrogen and oxygen atoms in total. The van der Waals surface area contributed by atoms with Crippen LogP contribution in [-0.4, -0.2) is 32.2 Å². The van der Waals surface area contributed by atoms with E-state index in [0.717, 1.165) is 55.8 Å². The minimum atomic E-state index is 0. The lowest BCUT2D eigenvalue weighted by atomic mass is 9.97. The molecule has 2 fully saturated rings. The lowest BCUT2D eigenvalue weighted by Gasteiger charge is -2.23. The van der Waals surface area contributed by atoms with Crippen LogP contribution in [-0.2, 0) is 11.3 Å². The maximum Gasteiger partial charge on any atom is 0.223 e. The van der Waals surface area contributed by atoms with Gasteiger partial charge in [0.25, 0.3) is 0 Å². The SMILES string of the molecule is COc1cccc(CNC(=O)C2CCNCC2)c1OC1CCCC1.Cl. The number of hydrogen-bond acceptors (Lipinski definition) is 4. The summed E-state index contributed by atoms with van der Waals surface area (Å²) < 4.78 is 11.7. The quantitative estimate of drug-likeness (QED) is 0.810. The Morgan fingerprint density at radius 3 is 2.60 bits per heavy atom. The fourth-order valence-electron chi connectivity index (χ4n) is 3.58. The first-order chi connectivity index (χ1) is 11.8. The number of amides is 1. The fourth-order valence-corrected chi connectivity index (χ4v) is 3.58. The zero-order chi connectivity index (χ0) is 16.8. The summed E-state index contributed by atoms with van der Waals surface area (Å²) in [6, 6.07) is 5.88. The molecule has 0 aromatic heterocycles. The molecule has 1 aromatic carbocycles. The molecule has 0 atom stereocenters. The number of carbonyl (C=O) groups excluding carboxylic acids is 1. The second-order valence-corrected chi connectivity index (χ2v) is 6.71. The molecule has 3 rings (SSSR count). The predicted molar refractivity (Wildman–Crippen MR) is 101 cm³/mol. The van der Waals surface area contributed by atoms with Crippen molar-refractivity contribution in [2.45, 2.75) is 51.2 Å². The van der Waals surface area contributed by atoms with E-state index in [1.807, 2.05) is 18.2 Å². The molecule has 0 bridgehead atoms. The summed E-state index contributed by atoms with van der Waals surface area (Å²) in [6.07, 6.45) is 6.73. The molecule has 1 amide bonds. The summed E-state index contributed by atoms with van der Waals surface area (Å²) in [5.74, 6) is 1.80. The highest BCUT2D eigenvalue weighted by Crippen LogP contribution is 2.34. The monoisotopic (exact) mass is 368 g/mol. The van der Waals surface area contributed by atoms with Crippen molar-refractivity contribution < 1.29 is 14.3 Å². The average Bonchev–Trinajstić information content (AvgIpc) is 3.14. The van der Waals surface area contributed by atoms with Crippen molar-refractivity contribution in [2.75, 3.05) is 20.2 Å². The van der Waals surface area contributed by atoms with Gasteiger partial charge in [0.05, 0.1) is 13.2 Å². The molecule has 2 aliphatic rings. The lowest BCUT2D eigenvalue weighted by Crippen LogP contribution is -2.37. The predicted octanol–water partition coefficient (Wildman–Crippen LogP) is 3.05. The van der Waals surface area contributed by atoms with Crippen LogP contribution in [0.5, 0.6) is 11.5 Å². The zero-order valence-electron chi connectivity index (χ0n) is 14.9. The van der Waals surface area contributed by atoms with Crippen molar-refractivity contribution in [2.24, 2.45) is 5.92 Å². The molecule has 0 spiro atoms. The summed E-state index contributed by atoms with van der Waals surface area (Å²) in [4.78, 5) is 12.4. The Bertz CT molecular complexity index is 556. The Morgan fingerprint density at radius 1 is 1.20 bits per heavy atom. The summed E-state index contributed by atoms with van der Waals surface area (Å²) in [5, 5.41) is 6.37. The minimum Gasteiger partial charge on any atom is -0.493 e. The van der Waals surface area contributed by atoms with Gasteiger partial charge in [-0.2, -0.15) is 0 Å². The van der Waals surface area contributed by atoms with Gasteiger partial charge in [0.1, 0.15) is 0 Å². The van der Waals surface area contributed by atoms with Gasteiger partial charge in [0, 0.05) is 18.0 Å². The van der Waals surface area contributed by atoms with Gasteiger partial charge in [-0.25, -0.2) is 0 Å². The Labute approximate surface area is 156 Å². The van der Waals surface area contributed by atoms with Crippen LogP contribution in [0.15, 0.2) is 18.2 Å². The second-order valence-electron chi connectivity index (χ2n) is 6.71. The number of ether oxygens (including phenoxy) is 2. The number of carbonyl (C=O) groups is 1. The maximum atomic E-state index is 12.4. The molecule has 1 aromatic rings. The second kappa shape index (κ2) is 9.88. The number of nitrogens with one attached hydrogen (secondary N) is 2. The number of hydrogen-bond donors (Lipinski definition) is 2. The topological polar surface area (TPSA) is 59.6 Å². The van der Waals surface area contributed by atoms with Crippen LogP contribution in [0.4, 0.5) is 0 Å². The van der Waals surface area contributed by atoms with Crippen molar-refractivity contribution in [1.29, 1.82) is 0 Å². The smallest absolute Gasteiger partial charge is 0.223 e. The third-order valence-corrected chi connectivity index (χ3v) is 5.03. The number of piperidine rings is 1. The highest BCUT2D eigenvalue weighted by Gasteiger charge is 2.23. The highest BCUT2D eigenvalue weighted by molar-refractivity contribution is 5.85. The minimum absolute atomic E-state index is 0. The van der Waals surface area contributed by atoms with Gasteiger partial charge in [0.15, 0.2) is 11.5 Å². The van der Waals surface area contributed by atoms with E-state index in [4.69, 9.17) is 9.47 Å². The van der Waals surface area contributed by atoms with Gasteiger partial charge in [0.2, 0.25) is 5.91 Å². The van der Waals surface area contributed by atoms with Gasteiger partial charge in [-0.05, 0) is 57.7 Å². The molecular weight excluding hydrogens is 340 g/mol. The molecular formula is C19H29ClN2O3. The van der Waals surface area contributed by atoms with Crippen LogP contribution < -0.4 is 20.1 Å². The summed E-state index contributed by atoms with van der Waals surface area (Å²) in [6.45, 7) is 2.34. The largest absolute Gasteiger partial charge is 0.493 e. The van der Waals surface area contributed by atoms with E-state index in [1.165, 1.54) is 12.8 Å². The van der Waals surface area contributed by atoms with Crippen molar-refractivity contribution >= 4 is 18.3 Å². The Balaban J connectivity index is 0.00000225. The first kappa shape index (κ1) is 19.9. The number of benzene rings is 1. The Hall–Kier alpha value is -1.46. The number of rotatable bonds is 6. The van der Waals surface area contributed by atoms with Crippen LogP contribution in [0.3, 0.4) is 0 Å². The summed E-state index contributed by atoms with van der Waals surface area (Å²) >= 11 is 0. The number of para-hydroxylation sites is 1. The Morgan fingerprint density at radius 2 is 1.92 bits per heavy atom. The number of methoxy groups -OCH3 is 1. The average molecular weight is 369 g/mol. The van der Waals surface area contributed by atoms with E-state index in [-0.39, 0.29) is 30.3 Å². The third kappa shape index (κ3) is 5.25. The first-order valence-electron chi connectivity index (χ1n) is 9.09. The molecule has 1 aliphatic carbocycles. The lowest BCUT2D eigenvalue weighted by molar-refractivity contribution is -0.125. The molecule has 1 saturated carbocycles. The summed E-state index contributed by atoms with van der Waals surface area (Å²) in [5.41, 5.74) is 0.989. The highest BCUT2D eigenvalue weighted by atomic mass is 35.5. The molecule has 0 unspecified atom stereocenters. The number of halogens is 1. The van der Waals surface area contributed by atoms with Gasteiger partial charge < -0.3 is 20.1 Å². The van der Waals surface area contributed by atoms with E-state index in [0.29, 0.717) is 6.54 Å². The van der Waals surface area contributed by atoms with Crippen molar-refractivity contribution in [1.82, 2.24) is 10.6 Å². The van der Waals surface area contributed by atoms with Gasteiger partial charge in [-0.15, -0.1) is 12.4 Å². The van der Waals surface area contributed by atoms with E-state index < -0.39 is 0 Å². The maximum absolute atomic E-state index is 12.4. The molecule has 25 heavy (non-hydrogen) atoms. The molecule has 6 heteroatoms. The van der Waals surface area contributed by atoms with Gasteiger partial charge in [-0.1, -0.05) is 12.1 Å². The van der Waals surface area contributed by atoms with Crippen LogP contribution in [0, 0.1) is 5.92 Å². The molecule has 1 aliphatic heterocycles. The first-order valence-corrected chi connectivity index (χ1v) is 9.09. The van der Waals surface area contributed by atoms with Crippen molar-refractivity contribution in [3.63, 3.8) is 0 Å². The van der Waals surface area contributed by atoms with Crippen LogP contribution in [0.1, 0.15) is 44.1 Å². The van der Waals surface area contributed by atoms with Crippen LogP contribution >= 0.6 is 12.4 Å². The standard InChI is InChI=1S/C19H28N2O3.ClH/c1-23-17-8-4-5-15(18(17)24-16-6-2-3-7-16)13-21-19(22)14-9-11-20-12-10-14;/h4-5,8,14,16,20H,2-3,6-7,9-13H2,1H3,(H,21,22);1H. The molecule has 0 radical (unpaired) electrons. The fraction of sp³-hybridized carbons (Fsp3) is 0.632. The molecule has 1 saturated heterocycles. The van der Waals surface area contributed by atoms with Crippen LogP contribution in [0.2, 0.25) is 0 Å². The molecule has 2 N–H and O–H groups in total. The summed E-state index contributed by atoms with van der Waals surface area (Å²) in [7, 11) is 1.66. The van der Waals surface area contributed by atoms with E-state index in [9.17, 15) is 4.79 Å². The van der Waals surface area contributed by atoms with Gasteiger partial charge in [-0.3, -0.25) is 4.79 Å².